The highest BCUT2D eigenvalue weighted by Gasteiger charge is 2.31. The van der Waals surface area contributed by atoms with Gasteiger partial charge in [-0.1, -0.05) is 44.2 Å². The average molecular weight is 484 g/mol. The Balaban J connectivity index is 1.29. The van der Waals surface area contributed by atoms with Crippen molar-refractivity contribution in [2.45, 2.75) is 39.0 Å². The van der Waals surface area contributed by atoms with Crippen LogP contribution in [0.5, 0.6) is 0 Å². The Bertz CT molecular complexity index is 1400. The highest BCUT2D eigenvalue weighted by molar-refractivity contribution is 5.92. The molecule has 0 saturated carbocycles. The first kappa shape index (κ1) is 22.9. The Kier molecular flexibility index (Phi) is 6.07. The van der Waals surface area contributed by atoms with Crippen LogP contribution in [-0.2, 0) is 17.9 Å². The number of fused-ring (bicyclic) bond motifs is 6. The van der Waals surface area contributed by atoms with Gasteiger partial charge < -0.3 is 15.6 Å². The van der Waals surface area contributed by atoms with Crippen LogP contribution in [0.4, 0.5) is 5.82 Å². The number of nitrogens with zero attached hydrogens (tertiary/aromatic N) is 4. The van der Waals surface area contributed by atoms with Gasteiger partial charge in [-0.25, -0.2) is 9.97 Å². The summed E-state index contributed by atoms with van der Waals surface area (Å²) in [4.78, 5) is 31.4. The Morgan fingerprint density at radius 1 is 1.03 bits per heavy atom. The van der Waals surface area contributed by atoms with Crippen LogP contribution < -0.4 is 10.6 Å². The molecule has 2 aromatic carbocycles. The van der Waals surface area contributed by atoms with E-state index in [1.54, 1.807) is 0 Å². The molecule has 8 nitrogen and oxygen atoms in total. The van der Waals surface area contributed by atoms with Gasteiger partial charge >= 0.3 is 0 Å². The molecule has 1 amide bonds. The van der Waals surface area contributed by atoms with E-state index in [0.717, 1.165) is 48.7 Å². The summed E-state index contributed by atoms with van der Waals surface area (Å²) in [6.45, 7) is 9.01. The lowest BCUT2D eigenvalue weighted by Gasteiger charge is -2.41. The maximum Gasteiger partial charge on any atom is 0.242 e. The van der Waals surface area contributed by atoms with Crippen molar-refractivity contribution in [1.82, 2.24) is 30.1 Å². The van der Waals surface area contributed by atoms with E-state index in [1.165, 1.54) is 16.5 Å². The van der Waals surface area contributed by atoms with E-state index < -0.39 is 0 Å². The molecule has 2 aromatic heterocycles. The number of H-pyrrole nitrogens is 1. The lowest BCUT2D eigenvalue weighted by Crippen LogP contribution is -2.57. The van der Waals surface area contributed by atoms with Crippen LogP contribution in [0.25, 0.3) is 21.8 Å². The Morgan fingerprint density at radius 3 is 2.69 bits per heavy atom. The number of rotatable bonds is 3. The minimum atomic E-state index is -0.367. The zero-order chi connectivity index (χ0) is 24.6. The van der Waals surface area contributed by atoms with Gasteiger partial charge in [-0.2, -0.15) is 0 Å². The number of benzene rings is 2. The summed E-state index contributed by atoms with van der Waals surface area (Å²) in [5.41, 5.74) is 3.39. The number of hydrogen-bond acceptors (Lipinski definition) is 6. The number of aromatic nitrogens is 3. The number of para-hydroxylation sites is 2. The van der Waals surface area contributed by atoms with Crippen molar-refractivity contribution in [3.8, 4) is 0 Å². The van der Waals surface area contributed by atoms with Gasteiger partial charge in [0.15, 0.2) is 0 Å². The summed E-state index contributed by atoms with van der Waals surface area (Å²) < 4.78 is 0. The van der Waals surface area contributed by atoms with Crippen LogP contribution in [0.2, 0.25) is 0 Å². The minimum absolute atomic E-state index is 0.0184. The highest BCUT2D eigenvalue weighted by Crippen LogP contribution is 2.25. The standard InChI is InChI=1S/C28H33N7O/c1-18(2)26-28(36)30-14-20-16-34(15-19-13-29-23-9-5-3-7-21(19)23)11-12-35(20)17-25-31-24-10-6-4-8-22(24)27(32-25)33-26/h3-10,13,18,20,26,29H,11-12,14-17H2,1-2H3,(H,30,36)(H,31,32,33)/t20?,26-/m0/s1. The largest absolute Gasteiger partial charge is 0.361 e. The molecule has 4 aromatic rings. The topological polar surface area (TPSA) is 89.2 Å². The monoisotopic (exact) mass is 483 g/mol. The average Bonchev–Trinajstić information content (AvgIpc) is 3.28. The van der Waals surface area contributed by atoms with Gasteiger partial charge in [0.05, 0.1) is 12.1 Å². The molecule has 3 N–H and O–H groups in total. The zero-order valence-electron chi connectivity index (χ0n) is 20.9. The van der Waals surface area contributed by atoms with Gasteiger partial charge in [-0.3, -0.25) is 14.6 Å². The SMILES string of the molecule is CC(C)[C@@H]1Nc2nc(nc3ccccc23)CN2CCN(Cc3c[nH]c4ccccc34)CC2CNC1=O. The van der Waals surface area contributed by atoms with Gasteiger partial charge in [-0.05, 0) is 29.7 Å². The molecule has 36 heavy (non-hydrogen) atoms. The van der Waals surface area contributed by atoms with Crippen molar-refractivity contribution in [1.29, 1.82) is 0 Å². The molecule has 186 valence electrons. The van der Waals surface area contributed by atoms with Crippen LogP contribution in [0, 0.1) is 5.92 Å². The van der Waals surface area contributed by atoms with Gasteiger partial charge in [0.25, 0.3) is 0 Å². The zero-order valence-corrected chi connectivity index (χ0v) is 20.9. The van der Waals surface area contributed by atoms with E-state index >= 15 is 0 Å². The predicted molar refractivity (Wildman–Crippen MR) is 143 cm³/mol. The fourth-order valence-electron chi connectivity index (χ4n) is 5.50. The maximum atomic E-state index is 13.3. The van der Waals surface area contributed by atoms with E-state index in [2.05, 4.69) is 69.7 Å². The van der Waals surface area contributed by atoms with Gasteiger partial charge in [0.1, 0.15) is 17.7 Å². The number of carbonyl (C=O) groups excluding carboxylic acids is 1. The van der Waals surface area contributed by atoms with Crippen LogP contribution in [0.3, 0.4) is 0 Å². The van der Waals surface area contributed by atoms with Crippen LogP contribution in [-0.4, -0.2) is 68.9 Å². The summed E-state index contributed by atoms with van der Waals surface area (Å²) in [5.74, 6) is 1.66. The second-order valence-electron chi connectivity index (χ2n) is 10.3. The molecule has 4 heterocycles. The van der Waals surface area contributed by atoms with Crippen molar-refractivity contribution in [2.24, 2.45) is 5.92 Å². The lowest BCUT2D eigenvalue weighted by atomic mass is 10.0. The Morgan fingerprint density at radius 2 is 1.83 bits per heavy atom. The molecule has 2 aliphatic rings. The summed E-state index contributed by atoms with van der Waals surface area (Å²) >= 11 is 0. The number of aromatic amines is 1. The number of amides is 1. The van der Waals surface area contributed by atoms with Gasteiger partial charge in [0, 0.05) is 61.3 Å². The van der Waals surface area contributed by atoms with Crippen molar-refractivity contribution in [3.63, 3.8) is 0 Å². The summed E-state index contributed by atoms with van der Waals surface area (Å²) in [6.07, 6.45) is 2.12. The quantitative estimate of drug-likeness (QED) is 0.414. The van der Waals surface area contributed by atoms with Crippen molar-refractivity contribution < 1.29 is 4.79 Å². The van der Waals surface area contributed by atoms with Crippen molar-refractivity contribution >= 4 is 33.5 Å². The van der Waals surface area contributed by atoms with E-state index in [0.29, 0.717) is 13.1 Å². The fourth-order valence-corrected chi connectivity index (χ4v) is 5.50. The summed E-state index contributed by atoms with van der Waals surface area (Å²) in [7, 11) is 0. The Hall–Kier alpha value is -3.49. The number of nitrogens with one attached hydrogen (secondary N) is 3. The van der Waals surface area contributed by atoms with E-state index in [4.69, 9.17) is 9.97 Å². The number of anilines is 1. The van der Waals surface area contributed by atoms with E-state index in [-0.39, 0.29) is 23.9 Å². The fraction of sp³-hybridized carbons (Fsp3) is 0.393. The molecule has 0 spiro atoms. The van der Waals surface area contributed by atoms with Crippen molar-refractivity contribution in [3.05, 3.63) is 66.1 Å². The third-order valence-corrected chi connectivity index (χ3v) is 7.50. The molecule has 2 atom stereocenters. The smallest absolute Gasteiger partial charge is 0.242 e. The van der Waals surface area contributed by atoms with Gasteiger partial charge in [-0.15, -0.1) is 0 Å². The van der Waals surface area contributed by atoms with Gasteiger partial charge in [0.2, 0.25) is 5.91 Å². The number of piperazine rings is 1. The molecule has 6 rings (SSSR count). The molecular weight excluding hydrogens is 450 g/mol. The van der Waals surface area contributed by atoms with Crippen molar-refractivity contribution in [2.75, 3.05) is 31.5 Å². The number of carbonyl (C=O) groups is 1. The maximum absolute atomic E-state index is 13.3. The van der Waals surface area contributed by atoms with Crippen LogP contribution >= 0.6 is 0 Å². The molecule has 1 unspecified atom stereocenters. The predicted octanol–water partition coefficient (Wildman–Crippen LogP) is 3.36. The first-order valence-corrected chi connectivity index (χ1v) is 12.9. The second kappa shape index (κ2) is 9.52. The molecule has 0 radical (unpaired) electrons. The molecular formula is C28H33N7O. The first-order valence-electron chi connectivity index (χ1n) is 12.9. The number of hydrogen-bond donors (Lipinski definition) is 3. The normalized spacial score (nSPS) is 21.7. The molecule has 1 saturated heterocycles. The molecule has 2 bridgehead atoms. The third kappa shape index (κ3) is 4.42. The lowest BCUT2D eigenvalue weighted by molar-refractivity contribution is -0.123. The highest BCUT2D eigenvalue weighted by atomic mass is 16.2. The van der Waals surface area contributed by atoms with E-state index in [9.17, 15) is 4.79 Å². The summed E-state index contributed by atoms with van der Waals surface area (Å²) in [5, 5.41) is 8.92. The minimum Gasteiger partial charge on any atom is -0.361 e. The molecule has 8 heteroatoms. The first-order chi connectivity index (χ1) is 17.5. The van der Waals surface area contributed by atoms with Crippen LogP contribution in [0.15, 0.2) is 54.7 Å². The molecule has 1 fully saturated rings. The van der Waals surface area contributed by atoms with E-state index in [1.807, 2.05) is 24.3 Å². The molecule has 0 aliphatic carbocycles. The van der Waals surface area contributed by atoms with Crippen LogP contribution in [0.1, 0.15) is 25.2 Å². The third-order valence-electron chi connectivity index (χ3n) is 7.50. The molecule has 2 aliphatic heterocycles. The summed E-state index contributed by atoms with van der Waals surface area (Å²) in [6, 6.07) is 16.3. The second-order valence-corrected chi connectivity index (χ2v) is 10.3. The Labute approximate surface area is 211 Å².